The molecule has 23 heavy (non-hydrogen) atoms. The molecule has 1 saturated heterocycles. The highest BCUT2D eigenvalue weighted by Gasteiger charge is 2.20. The van der Waals surface area contributed by atoms with Crippen LogP contribution in [0.5, 0.6) is 0 Å². The molecule has 0 amide bonds. The second kappa shape index (κ2) is 5.79. The zero-order valence-electron chi connectivity index (χ0n) is 12.4. The number of hydrogen-bond donors (Lipinski definition) is 1. The Bertz CT molecular complexity index is 857. The van der Waals surface area contributed by atoms with Crippen molar-refractivity contribution < 1.29 is 4.74 Å². The number of nitrogens with zero attached hydrogens (tertiary/aromatic N) is 4. The second-order valence-electron chi connectivity index (χ2n) is 5.62. The van der Waals surface area contributed by atoms with E-state index in [-0.39, 0.29) is 11.5 Å². The van der Waals surface area contributed by atoms with Crippen LogP contribution in [0, 0.1) is 0 Å². The molecule has 1 aliphatic rings. The molecule has 1 aliphatic heterocycles. The fraction of sp³-hybridized carbons (Fsp3) is 0.312. The number of rotatable bonds is 2. The van der Waals surface area contributed by atoms with E-state index in [1.807, 2.05) is 22.9 Å². The Kier molecular flexibility index (Phi) is 3.63. The minimum Gasteiger partial charge on any atom is -0.398 e. The first-order chi connectivity index (χ1) is 11.2. The monoisotopic (exact) mass is 329 g/mol. The van der Waals surface area contributed by atoms with Crippen molar-refractivity contribution in [3.63, 3.8) is 0 Å². The van der Waals surface area contributed by atoms with Gasteiger partial charge in [0.05, 0.1) is 17.4 Å². The zero-order valence-corrected chi connectivity index (χ0v) is 13.2. The molecule has 0 radical (unpaired) electrons. The molecule has 4 rings (SSSR count). The maximum atomic E-state index is 6.20. The van der Waals surface area contributed by atoms with Crippen LogP contribution < -0.4 is 5.73 Å². The van der Waals surface area contributed by atoms with Crippen LogP contribution in [0.2, 0.25) is 5.28 Å². The molecule has 0 bridgehead atoms. The van der Waals surface area contributed by atoms with Crippen LogP contribution in [0.15, 0.2) is 30.6 Å². The molecule has 3 heterocycles. The van der Waals surface area contributed by atoms with E-state index in [1.54, 1.807) is 12.4 Å². The van der Waals surface area contributed by atoms with Crippen molar-refractivity contribution in [3.05, 3.63) is 35.9 Å². The second-order valence-corrected chi connectivity index (χ2v) is 5.96. The zero-order chi connectivity index (χ0) is 15.8. The van der Waals surface area contributed by atoms with E-state index in [0.29, 0.717) is 5.69 Å². The van der Waals surface area contributed by atoms with Gasteiger partial charge in [0.2, 0.25) is 5.28 Å². The average molecular weight is 330 g/mol. The smallest absolute Gasteiger partial charge is 0.222 e. The Hall–Kier alpha value is -2.18. The number of anilines is 1. The Morgan fingerprint density at radius 1 is 1.30 bits per heavy atom. The Balaban J connectivity index is 1.84. The molecule has 1 unspecified atom stereocenters. The van der Waals surface area contributed by atoms with E-state index in [4.69, 9.17) is 22.1 Å². The summed E-state index contributed by atoms with van der Waals surface area (Å²) in [6, 6.07) is 5.72. The highest BCUT2D eigenvalue weighted by atomic mass is 35.5. The van der Waals surface area contributed by atoms with Crippen LogP contribution in [0.25, 0.3) is 22.2 Å². The van der Waals surface area contributed by atoms with Crippen LogP contribution in [0.3, 0.4) is 0 Å². The van der Waals surface area contributed by atoms with E-state index < -0.39 is 0 Å². The maximum Gasteiger partial charge on any atom is 0.222 e. The molecule has 2 aromatic heterocycles. The van der Waals surface area contributed by atoms with Gasteiger partial charge in [-0.05, 0) is 49.1 Å². The molecule has 1 atom stereocenters. The number of hydrogen-bond acceptors (Lipinski definition) is 5. The molecule has 1 aromatic carbocycles. The number of fused-ring (bicyclic) bond motifs is 1. The number of nitrogen functional groups attached to an aromatic ring is 1. The van der Waals surface area contributed by atoms with Crippen molar-refractivity contribution >= 4 is 28.2 Å². The Morgan fingerprint density at radius 2 is 2.22 bits per heavy atom. The van der Waals surface area contributed by atoms with E-state index in [0.717, 1.165) is 48.0 Å². The summed E-state index contributed by atoms with van der Waals surface area (Å²) in [5.74, 6) is 0. The molecule has 0 aliphatic carbocycles. The van der Waals surface area contributed by atoms with Gasteiger partial charge >= 0.3 is 0 Å². The van der Waals surface area contributed by atoms with Gasteiger partial charge in [-0.2, -0.15) is 5.10 Å². The highest BCUT2D eigenvalue weighted by Crippen LogP contribution is 2.32. The van der Waals surface area contributed by atoms with Crippen LogP contribution in [0.1, 0.15) is 25.5 Å². The third kappa shape index (κ3) is 2.64. The highest BCUT2D eigenvalue weighted by molar-refractivity contribution is 6.28. The van der Waals surface area contributed by atoms with Crippen molar-refractivity contribution in [1.29, 1.82) is 0 Å². The standard InChI is InChI=1S/C16H16ClN5O/c17-16-19-5-4-13(21-16)10-7-12(18)11-9-20-22(14(11)8-10)15-3-1-2-6-23-15/h4-5,7-9,15H,1-3,6,18H2. The molecule has 1 fully saturated rings. The SMILES string of the molecule is Nc1cc(-c2ccnc(Cl)n2)cc2c1cnn2C1CCCCO1. The predicted molar refractivity (Wildman–Crippen MR) is 89.0 cm³/mol. The van der Waals surface area contributed by atoms with Crippen molar-refractivity contribution in [2.75, 3.05) is 12.3 Å². The summed E-state index contributed by atoms with van der Waals surface area (Å²) in [6.07, 6.45) is 6.59. The third-order valence-electron chi connectivity index (χ3n) is 4.10. The molecule has 0 spiro atoms. The molecular weight excluding hydrogens is 314 g/mol. The van der Waals surface area contributed by atoms with Gasteiger partial charge in [-0.3, -0.25) is 0 Å². The lowest BCUT2D eigenvalue weighted by atomic mass is 10.1. The minimum atomic E-state index is -0.0371. The Labute approximate surface area is 138 Å². The fourth-order valence-electron chi connectivity index (χ4n) is 2.96. The van der Waals surface area contributed by atoms with Gasteiger partial charge in [0.25, 0.3) is 0 Å². The molecule has 118 valence electrons. The van der Waals surface area contributed by atoms with Gasteiger partial charge in [-0.25, -0.2) is 14.6 Å². The van der Waals surface area contributed by atoms with Crippen LogP contribution >= 0.6 is 11.6 Å². The van der Waals surface area contributed by atoms with Crippen molar-refractivity contribution in [1.82, 2.24) is 19.7 Å². The van der Waals surface area contributed by atoms with E-state index in [1.165, 1.54) is 0 Å². The first-order valence-electron chi connectivity index (χ1n) is 7.59. The molecule has 0 saturated carbocycles. The summed E-state index contributed by atoms with van der Waals surface area (Å²) in [6.45, 7) is 0.767. The first-order valence-corrected chi connectivity index (χ1v) is 7.97. The number of ether oxygens (including phenoxy) is 1. The van der Waals surface area contributed by atoms with Gasteiger partial charge in [0.15, 0.2) is 6.23 Å². The summed E-state index contributed by atoms with van der Waals surface area (Å²) >= 11 is 5.89. The van der Waals surface area contributed by atoms with Crippen LogP contribution in [0.4, 0.5) is 5.69 Å². The van der Waals surface area contributed by atoms with Crippen molar-refractivity contribution in [2.24, 2.45) is 0 Å². The van der Waals surface area contributed by atoms with E-state index in [9.17, 15) is 0 Å². The Morgan fingerprint density at radius 3 is 3.00 bits per heavy atom. The number of aromatic nitrogens is 4. The lowest BCUT2D eigenvalue weighted by Gasteiger charge is -2.23. The fourth-order valence-corrected chi connectivity index (χ4v) is 3.11. The molecular formula is C16H16ClN5O. The van der Waals surface area contributed by atoms with Gasteiger partial charge in [-0.15, -0.1) is 0 Å². The summed E-state index contributed by atoms with van der Waals surface area (Å²) in [4.78, 5) is 8.17. The predicted octanol–water partition coefficient (Wildman–Crippen LogP) is 3.43. The molecule has 7 heteroatoms. The number of benzene rings is 1. The summed E-state index contributed by atoms with van der Waals surface area (Å²) in [7, 11) is 0. The summed E-state index contributed by atoms with van der Waals surface area (Å²) < 4.78 is 7.76. The van der Waals surface area contributed by atoms with Gasteiger partial charge in [-0.1, -0.05) is 0 Å². The minimum absolute atomic E-state index is 0.0371. The lowest BCUT2D eigenvalue weighted by Crippen LogP contribution is -2.19. The molecule has 2 N–H and O–H groups in total. The molecule has 3 aromatic rings. The summed E-state index contributed by atoms with van der Waals surface area (Å²) in [5.41, 5.74) is 9.43. The largest absolute Gasteiger partial charge is 0.398 e. The van der Waals surface area contributed by atoms with E-state index in [2.05, 4.69) is 15.1 Å². The van der Waals surface area contributed by atoms with Gasteiger partial charge in [0.1, 0.15) is 0 Å². The third-order valence-corrected chi connectivity index (χ3v) is 4.28. The average Bonchev–Trinajstić information content (AvgIpc) is 3.00. The van der Waals surface area contributed by atoms with Crippen molar-refractivity contribution in [2.45, 2.75) is 25.5 Å². The van der Waals surface area contributed by atoms with Crippen LogP contribution in [-0.4, -0.2) is 26.4 Å². The maximum absolute atomic E-state index is 6.20. The van der Waals surface area contributed by atoms with Gasteiger partial charge < -0.3 is 10.5 Å². The summed E-state index contributed by atoms with van der Waals surface area (Å²) in [5, 5.41) is 5.62. The number of halogens is 1. The topological polar surface area (TPSA) is 78.9 Å². The van der Waals surface area contributed by atoms with Gasteiger partial charge in [0, 0.05) is 29.4 Å². The lowest BCUT2D eigenvalue weighted by molar-refractivity contribution is -0.0366. The van der Waals surface area contributed by atoms with Crippen LogP contribution in [-0.2, 0) is 4.74 Å². The molecule has 6 nitrogen and oxygen atoms in total. The first kappa shape index (κ1) is 14.4. The quantitative estimate of drug-likeness (QED) is 0.575. The number of nitrogens with two attached hydrogens (primary N) is 1. The van der Waals surface area contributed by atoms with E-state index >= 15 is 0 Å². The normalized spacial score (nSPS) is 18.4. The van der Waals surface area contributed by atoms with Crippen molar-refractivity contribution in [3.8, 4) is 11.3 Å².